The Balaban J connectivity index is 1.28. The molecular formula is C20H26N6O3S. The predicted molar refractivity (Wildman–Crippen MR) is 114 cm³/mol. The quantitative estimate of drug-likeness (QED) is 0.644. The second-order valence-corrected chi connectivity index (χ2v) is 9.30. The number of carbonyl (C=O) groups is 1. The van der Waals surface area contributed by atoms with Gasteiger partial charge >= 0.3 is 6.03 Å². The molecule has 0 spiro atoms. The van der Waals surface area contributed by atoms with Crippen LogP contribution in [-0.4, -0.2) is 79.9 Å². The summed E-state index contributed by atoms with van der Waals surface area (Å²) < 4.78 is 26.8. The molecule has 1 aromatic carbocycles. The molecule has 0 bridgehead atoms. The maximum atomic E-state index is 12.9. The minimum atomic E-state index is -3.80. The number of sulfonamides is 1. The number of benzene rings is 1. The minimum Gasteiger partial charge on any atom is -0.338 e. The number of hydrogen-bond donors (Lipinski definition) is 0. The summed E-state index contributed by atoms with van der Waals surface area (Å²) in [4.78, 5) is 27.3. The Kier molecular flexibility index (Phi) is 5.87. The predicted octanol–water partition coefficient (Wildman–Crippen LogP) is 1.64. The van der Waals surface area contributed by atoms with Gasteiger partial charge in [0.2, 0.25) is 5.95 Å². The van der Waals surface area contributed by atoms with Crippen molar-refractivity contribution in [3.05, 3.63) is 42.7 Å². The van der Waals surface area contributed by atoms with Gasteiger partial charge in [-0.3, -0.25) is 9.80 Å². The van der Waals surface area contributed by atoms with Crippen molar-refractivity contribution in [2.45, 2.75) is 17.7 Å². The zero-order valence-electron chi connectivity index (χ0n) is 17.0. The largest absolute Gasteiger partial charge is 0.338 e. The molecular weight excluding hydrogens is 404 g/mol. The molecule has 0 unspecified atom stereocenters. The highest BCUT2D eigenvalue weighted by molar-refractivity contribution is 7.90. The van der Waals surface area contributed by atoms with Gasteiger partial charge in [-0.1, -0.05) is 12.1 Å². The van der Waals surface area contributed by atoms with Gasteiger partial charge in [0.25, 0.3) is 10.0 Å². The number of carbonyl (C=O) groups excluding carboxylic acids is 1. The van der Waals surface area contributed by atoms with E-state index in [1.54, 1.807) is 43.7 Å². The Hall–Kier alpha value is -2.72. The molecule has 0 N–H and O–H groups in total. The van der Waals surface area contributed by atoms with Crippen molar-refractivity contribution >= 4 is 27.7 Å². The lowest BCUT2D eigenvalue weighted by Gasteiger charge is -2.35. The highest BCUT2D eigenvalue weighted by atomic mass is 32.2. The number of amides is 2. The summed E-state index contributed by atoms with van der Waals surface area (Å²) in [6.45, 7) is 4.62. The lowest BCUT2D eigenvalue weighted by molar-refractivity contribution is 0.225. The van der Waals surface area contributed by atoms with Crippen LogP contribution in [0.25, 0.3) is 0 Å². The van der Waals surface area contributed by atoms with Gasteiger partial charge in [-0.15, -0.1) is 0 Å². The molecule has 160 valence electrons. The van der Waals surface area contributed by atoms with E-state index in [1.165, 1.54) is 4.90 Å². The lowest BCUT2D eigenvalue weighted by atomic mass is 10.2. The van der Waals surface area contributed by atoms with Crippen LogP contribution >= 0.6 is 0 Å². The van der Waals surface area contributed by atoms with Crippen molar-refractivity contribution in [2.75, 3.05) is 56.1 Å². The van der Waals surface area contributed by atoms with Crippen molar-refractivity contribution in [1.82, 2.24) is 19.2 Å². The Morgan fingerprint density at radius 1 is 0.933 bits per heavy atom. The van der Waals surface area contributed by atoms with Crippen molar-refractivity contribution in [3.8, 4) is 0 Å². The Labute approximate surface area is 177 Å². The van der Waals surface area contributed by atoms with E-state index in [2.05, 4.69) is 19.8 Å². The third kappa shape index (κ3) is 3.97. The van der Waals surface area contributed by atoms with Crippen LogP contribution in [0.15, 0.2) is 47.6 Å². The van der Waals surface area contributed by atoms with Gasteiger partial charge in [-0.25, -0.2) is 27.5 Å². The van der Waals surface area contributed by atoms with Crippen LogP contribution in [-0.2, 0) is 10.0 Å². The standard InChI is InChI=1S/C20H26N6O3S/c1-23-17-7-2-3-8-18(17)30(28,29)26(20(23)27)12-5-4-11-24-13-15-25(16-14-24)19-21-9-6-10-22-19/h2-3,6-10H,4-5,11-16H2,1H3. The number of aromatic nitrogens is 2. The van der Waals surface area contributed by atoms with Crippen molar-refractivity contribution in [3.63, 3.8) is 0 Å². The number of unbranched alkanes of at least 4 members (excludes halogenated alkanes) is 1. The first-order chi connectivity index (χ1) is 14.5. The molecule has 10 heteroatoms. The number of piperazine rings is 1. The van der Waals surface area contributed by atoms with Crippen LogP contribution in [0.2, 0.25) is 0 Å². The summed E-state index contributed by atoms with van der Waals surface area (Å²) in [6, 6.07) is 7.93. The van der Waals surface area contributed by atoms with Gasteiger partial charge in [0.05, 0.1) is 5.69 Å². The van der Waals surface area contributed by atoms with Crippen LogP contribution in [0.4, 0.5) is 16.4 Å². The number of fused-ring (bicyclic) bond motifs is 1. The average Bonchev–Trinajstić information content (AvgIpc) is 2.78. The highest BCUT2D eigenvalue weighted by Crippen LogP contribution is 2.33. The molecule has 3 heterocycles. The molecule has 4 rings (SSSR count). The van der Waals surface area contributed by atoms with Gasteiger partial charge in [-0.05, 0) is 37.6 Å². The molecule has 2 aliphatic rings. The van der Waals surface area contributed by atoms with E-state index in [0.29, 0.717) is 12.1 Å². The number of anilines is 2. The van der Waals surface area contributed by atoms with Crippen molar-refractivity contribution in [1.29, 1.82) is 0 Å². The summed E-state index contributed by atoms with van der Waals surface area (Å²) in [7, 11) is -2.19. The third-order valence-corrected chi connectivity index (χ3v) is 7.41. The smallest absolute Gasteiger partial charge is 0.338 e. The second kappa shape index (κ2) is 8.57. The summed E-state index contributed by atoms with van der Waals surface area (Å²) >= 11 is 0. The molecule has 30 heavy (non-hydrogen) atoms. The number of urea groups is 1. The molecule has 0 radical (unpaired) electrons. The monoisotopic (exact) mass is 430 g/mol. The van der Waals surface area contributed by atoms with E-state index < -0.39 is 16.1 Å². The van der Waals surface area contributed by atoms with Crippen LogP contribution < -0.4 is 9.80 Å². The zero-order chi connectivity index (χ0) is 21.1. The molecule has 0 atom stereocenters. The summed E-state index contributed by atoms with van der Waals surface area (Å²) in [5.74, 6) is 0.760. The van der Waals surface area contributed by atoms with Crippen molar-refractivity contribution < 1.29 is 13.2 Å². The normalized spacial score (nSPS) is 19.1. The second-order valence-electron chi connectivity index (χ2n) is 7.47. The third-order valence-electron chi connectivity index (χ3n) is 5.59. The summed E-state index contributed by atoms with van der Waals surface area (Å²) in [5, 5.41) is 0. The van der Waals surface area contributed by atoms with E-state index in [0.717, 1.165) is 49.4 Å². The number of para-hydroxylation sites is 1. The number of hydrogen-bond acceptors (Lipinski definition) is 7. The molecule has 1 saturated heterocycles. The van der Waals surface area contributed by atoms with E-state index in [-0.39, 0.29) is 11.4 Å². The van der Waals surface area contributed by atoms with E-state index in [1.807, 2.05) is 6.07 Å². The summed E-state index contributed by atoms with van der Waals surface area (Å²) in [6.07, 6.45) is 4.95. The molecule has 9 nitrogen and oxygen atoms in total. The average molecular weight is 431 g/mol. The number of rotatable bonds is 6. The maximum Gasteiger partial charge on any atom is 0.338 e. The van der Waals surface area contributed by atoms with Crippen LogP contribution in [0, 0.1) is 0 Å². The van der Waals surface area contributed by atoms with Crippen LogP contribution in [0.3, 0.4) is 0 Å². The lowest BCUT2D eigenvalue weighted by Crippen LogP contribution is -2.49. The topological polar surface area (TPSA) is 90.0 Å². The molecule has 1 aromatic heterocycles. The highest BCUT2D eigenvalue weighted by Gasteiger charge is 2.39. The van der Waals surface area contributed by atoms with Gasteiger partial charge in [-0.2, -0.15) is 0 Å². The van der Waals surface area contributed by atoms with Crippen LogP contribution in [0.5, 0.6) is 0 Å². The molecule has 2 aliphatic heterocycles. The Morgan fingerprint density at radius 2 is 1.60 bits per heavy atom. The first-order valence-corrected chi connectivity index (χ1v) is 11.6. The number of nitrogens with zero attached hydrogens (tertiary/aromatic N) is 6. The zero-order valence-corrected chi connectivity index (χ0v) is 17.8. The van der Waals surface area contributed by atoms with Gasteiger partial charge in [0, 0.05) is 52.2 Å². The molecule has 1 fully saturated rings. The fraction of sp³-hybridized carbons (Fsp3) is 0.450. The summed E-state index contributed by atoms with van der Waals surface area (Å²) in [5.41, 5.74) is 0.430. The molecule has 2 amide bonds. The van der Waals surface area contributed by atoms with Gasteiger partial charge in [0.1, 0.15) is 4.90 Å². The maximum absolute atomic E-state index is 12.9. The van der Waals surface area contributed by atoms with E-state index in [9.17, 15) is 13.2 Å². The first-order valence-electron chi connectivity index (χ1n) is 10.1. The Bertz CT molecular complexity index is 993. The van der Waals surface area contributed by atoms with E-state index in [4.69, 9.17) is 0 Å². The van der Waals surface area contributed by atoms with Crippen molar-refractivity contribution in [2.24, 2.45) is 0 Å². The fourth-order valence-electron chi connectivity index (χ4n) is 3.88. The van der Waals surface area contributed by atoms with Gasteiger partial charge in [0.15, 0.2) is 0 Å². The molecule has 0 saturated carbocycles. The Morgan fingerprint density at radius 3 is 2.33 bits per heavy atom. The molecule has 0 aliphatic carbocycles. The molecule has 2 aromatic rings. The van der Waals surface area contributed by atoms with Crippen LogP contribution in [0.1, 0.15) is 12.8 Å². The van der Waals surface area contributed by atoms with E-state index >= 15 is 0 Å². The SMILES string of the molecule is CN1C(=O)N(CCCCN2CCN(c3ncccn3)CC2)S(=O)(=O)c2ccccc21. The minimum absolute atomic E-state index is 0.186. The fourth-order valence-corrected chi connectivity index (χ4v) is 5.53. The first kappa shape index (κ1) is 20.5. The van der Waals surface area contributed by atoms with Gasteiger partial charge < -0.3 is 4.90 Å².